The quantitative estimate of drug-likeness (QED) is 0.638. The maximum Gasteiger partial charge on any atom is 0.407 e. The monoisotopic (exact) mass is 431 g/mol. The van der Waals surface area contributed by atoms with Gasteiger partial charge in [-0.3, -0.25) is 0 Å². The van der Waals surface area contributed by atoms with Crippen molar-refractivity contribution in [3.8, 4) is 5.75 Å². The highest BCUT2D eigenvalue weighted by Crippen LogP contribution is 2.25. The summed E-state index contributed by atoms with van der Waals surface area (Å²) in [6, 6.07) is 7.92. The molecule has 0 saturated heterocycles. The van der Waals surface area contributed by atoms with Crippen molar-refractivity contribution >= 4 is 23.6 Å². The highest BCUT2D eigenvalue weighted by molar-refractivity contribution is 7.99. The maximum atomic E-state index is 11.6. The van der Waals surface area contributed by atoms with E-state index in [0.29, 0.717) is 6.54 Å². The van der Waals surface area contributed by atoms with E-state index < -0.39 is 5.60 Å². The molecule has 2 heterocycles. The SMILES string of the molecule is COc1ccc(C2=Nn3c(CCCCCNC(=O)OC(C)(C)C)nnc3SC2)cc1. The van der Waals surface area contributed by atoms with E-state index in [9.17, 15) is 4.79 Å². The summed E-state index contributed by atoms with van der Waals surface area (Å²) >= 11 is 1.64. The number of alkyl carbamates (subject to hydrolysis) is 1. The van der Waals surface area contributed by atoms with Gasteiger partial charge in [0.05, 0.1) is 12.8 Å². The number of methoxy groups -OCH3 is 1. The number of aryl methyl sites for hydroxylation is 1. The van der Waals surface area contributed by atoms with Crippen molar-refractivity contribution in [3.63, 3.8) is 0 Å². The van der Waals surface area contributed by atoms with E-state index in [0.717, 1.165) is 59.4 Å². The molecular formula is C21H29N5O3S. The molecule has 8 nitrogen and oxygen atoms in total. The molecule has 0 unspecified atom stereocenters. The first-order valence-corrected chi connectivity index (χ1v) is 11.1. The van der Waals surface area contributed by atoms with E-state index in [1.54, 1.807) is 18.9 Å². The van der Waals surface area contributed by atoms with Crippen molar-refractivity contribution in [1.82, 2.24) is 20.2 Å². The van der Waals surface area contributed by atoms with Gasteiger partial charge in [0, 0.05) is 18.7 Å². The number of hydrogen-bond donors (Lipinski definition) is 1. The Kier molecular flexibility index (Phi) is 7.36. The first-order chi connectivity index (χ1) is 14.4. The first kappa shape index (κ1) is 22.1. The lowest BCUT2D eigenvalue weighted by Crippen LogP contribution is -2.32. The Labute approximate surface area is 181 Å². The van der Waals surface area contributed by atoms with E-state index in [2.05, 4.69) is 15.5 Å². The molecule has 1 aliphatic heterocycles. The van der Waals surface area contributed by atoms with Gasteiger partial charge in [-0.25, -0.2) is 4.79 Å². The molecular weight excluding hydrogens is 402 g/mol. The second kappa shape index (κ2) is 9.97. The van der Waals surface area contributed by atoms with Crippen LogP contribution in [0.5, 0.6) is 5.75 Å². The summed E-state index contributed by atoms with van der Waals surface area (Å²) in [5.41, 5.74) is 1.60. The summed E-state index contributed by atoms with van der Waals surface area (Å²) in [7, 11) is 1.66. The van der Waals surface area contributed by atoms with Crippen LogP contribution in [0.1, 0.15) is 51.4 Å². The van der Waals surface area contributed by atoms with Crippen LogP contribution in [-0.4, -0.2) is 51.7 Å². The van der Waals surface area contributed by atoms with Crippen molar-refractivity contribution in [2.45, 2.75) is 57.2 Å². The van der Waals surface area contributed by atoms with E-state index in [-0.39, 0.29) is 6.09 Å². The molecule has 0 atom stereocenters. The fourth-order valence-electron chi connectivity index (χ4n) is 2.94. The number of carbonyl (C=O) groups excluding carboxylic acids is 1. The highest BCUT2D eigenvalue weighted by Gasteiger charge is 2.20. The van der Waals surface area contributed by atoms with E-state index in [1.807, 2.05) is 49.7 Å². The fraction of sp³-hybridized carbons (Fsp3) is 0.524. The van der Waals surface area contributed by atoms with Gasteiger partial charge >= 0.3 is 6.09 Å². The number of benzene rings is 1. The number of fused-ring (bicyclic) bond motifs is 1. The van der Waals surface area contributed by atoms with Crippen LogP contribution < -0.4 is 10.1 Å². The number of nitrogens with zero attached hydrogens (tertiary/aromatic N) is 4. The van der Waals surface area contributed by atoms with Crippen molar-refractivity contribution in [2.75, 3.05) is 19.4 Å². The second-order valence-electron chi connectivity index (χ2n) is 8.01. The summed E-state index contributed by atoms with van der Waals surface area (Å²) in [4.78, 5) is 11.6. The molecule has 9 heteroatoms. The predicted molar refractivity (Wildman–Crippen MR) is 117 cm³/mol. The van der Waals surface area contributed by atoms with Gasteiger partial charge in [-0.2, -0.15) is 9.78 Å². The summed E-state index contributed by atoms with van der Waals surface area (Å²) in [5.74, 6) is 2.46. The molecule has 1 aliphatic rings. The van der Waals surface area contributed by atoms with Gasteiger partial charge in [-0.05, 0) is 63.4 Å². The van der Waals surface area contributed by atoms with Gasteiger partial charge in [0.15, 0.2) is 5.82 Å². The molecule has 162 valence electrons. The summed E-state index contributed by atoms with van der Waals surface area (Å²) in [6.07, 6.45) is 3.23. The Balaban J connectivity index is 1.48. The molecule has 0 bridgehead atoms. The third-order valence-electron chi connectivity index (χ3n) is 4.40. The average Bonchev–Trinajstić information content (AvgIpc) is 3.11. The minimum atomic E-state index is -0.472. The largest absolute Gasteiger partial charge is 0.497 e. The number of hydrogen-bond acceptors (Lipinski definition) is 7. The average molecular weight is 432 g/mol. The number of amides is 1. The lowest BCUT2D eigenvalue weighted by Gasteiger charge is -2.19. The maximum absolute atomic E-state index is 11.6. The van der Waals surface area contributed by atoms with Crippen LogP contribution >= 0.6 is 11.8 Å². The number of ether oxygens (including phenoxy) is 2. The Hall–Kier alpha value is -2.55. The lowest BCUT2D eigenvalue weighted by molar-refractivity contribution is 0.0527. The van der Waals surface area contributed by atoms with Crippen LogP contribution in [0.3, 0.4) is 0 Å². The van der Waals surface area contributed by atoms with E-state index in [4.69, 9.17) is 14.6 Å². The summed E-state index contributed by atoms with van der Waals surface area (Å²) in [6.45, 7) is 6.16. The van der Waals surface area contributed by atoms with Gasteiger partial charge in [0.1, 0.15) is 11.4 Å². The van der Waals surface area contributed by atoms with Crippen LogP contribution in [0.15, 0.2) is 34.5 Å². The van der Waals surface area contributed by atoms with E-state index in [1.165, 1.54) is 0 Å². The highest BCUT2D eigenvalue weighted by atomic mass is 32.2. The Morgan fingerprint density at radius 2 is 1.93 bits per heavy atom. The molecule has 30 heavy (non-hydrogen) atoms. The summed E-state index contributed by atoms with van der Waals surface area (Å²) in [5, 5.41) is 17.0. The molecule has 0 fully saturated rings. The summed E-state index contributed by atoms with van der Waals surface area (Å²) < 4.78 is 12.3. The predicted octanol–water partition coefficient (Wildman–Crippen LogP) is 3.88. The van der Waals surface area contributed by atoms with Gasteiger partial charge in [0.2, 0.25) is 5.16 Å². The van der Waals surface area contributed by atoms with Crippen LogP contribution in [-0.2, 0) is 11.2 Å². The normalized spacial score (nSPS) is 13.4. The molecule has 1 amide bonds. The molecule has 3 rings (SSSR count). The first-order valence-electron chi connectivity index (χ1n) is 10.1. The van der Waals surface area contributed by atoms with Crippen molar-refractivity contribution in [2.24, 2.45) is 5.10 Å². The zero-order chi connectivity index (χ0) is 21.6. The van der Waals surface area contributed by atoms with Crippen molar-refractivity contribution < 1.29 is 14.3 Å². The van der Waals surface area contributed by atoms with Crippen LogP contribution in [0.4, 0.5) is 4.79 Å². The minimum absolute atomic E-state index is 0.369. The topological polar surface area (TPSA) is 90.6 Å². The number of thioether (sulfide) groups is 1. The molecule has 2 aromatic rings. The van der Waals surface area contributed by atoms with Crippen LogP contribution in [0.2, 0.25) is 0 Å². The number of rotatable bonds is 8. The third kappa shape index (κ3) is 6.22. The van der Waals surface area contributed by atoms with E-state index >= 15 is 0 Å². The zero-order valence-electron chi connectivity index (χ0n) is 18.0. The van der Waals surface area contributed by atoms with Crippen molar-refractivity contribution in [3.05, 3.63) is 35.7 Å². The third-order valence-corrected chi connectivity index (χ3v) is 5.33. The van der Waals surface area contributed by atoms with Crippen LogP contribution in [0, 0.1) is 0 Å². The molecule has 0 aliphatic carbocycles. The Morgan fingerprint density at radius 3 is 2.63 bits per heavy atom. The molecule has 1 aromatic carbocycles. The molecule has 1 aromatic heterocycles. The molecule has 0 radical (unpaired) electrons. The Bertz CT molecular complexity index is 887. The molecule has 0 spiro atoms. The fourth-order valence-corrected chi connectivity index (χ4v) is 3.80. The zero-order valence-corrected chi connectivity index (χ0v) is 18.8. The van der Waals surface area contributed by atoms with Crippen LogP contribution in [0.25, 0.3) is 0 Å². The van der Waals surface area contributed by atoms with Gasteiger partial charge < -0.3 is 14.8 Å². The lowest BCUT2D eigenvalue weighted by atomic mass is 10.1. The number of carbonyl (C=O) groups is 1. The number of unbranched alkanes of at least 4 members (excludes halogenated alkanes) is 2. The smallest absolute Gasteiger partial charge is 0.407 e. The van der Waals surface area contributed by atoms with Gasteiger partial charge in [-0.15, -0.1) is 10.2 Å². The molecule has 0 saturated carbocycles. The van der Waals surface area contributed by atoms with Crippen molar-refractivity contribution in [1.29, 1.82) is 0 Å². The van der Waals surface area contributed by atoms with Gasteiger partial charge in [-0.1, -0.05) is 18.2 Å². The second-order valence-corrected chi connectivity index (χ2v) is 8.96. The van der Waals surface area contributed by atoms with Gasteiger partial charge in [0.25, 0.3) is 0 Å². The minimum Gasteiger partial charge on any atom is -0.497 e. The molecule has 1 N–H and O–H groups in total. The number of nitrogens with one attached hydrogen (secondary N) is 1. The standard InChI is InChI=1S/C21H29N5O3S/c1-21(2,3)29-20(27)22-13-7-5-6-8-18-23-24-19-26(18)25-17(14-30-19)15-9-11-16(28-4)12-10-15/h9-12H,5-8,13-14H2,1-4H3,(H,22,27). The number of aromatic nitrogens is 3. The Morgan fingerprint density at radius 1 is 1.17 bits per heavy atom.